The Bertz CT molecular complexity index is 469. The van der Waals surface area contributed by atoms with E-state index < -0.39 is 10.0 Å². The first-order chi connectivity index (χ1) is 8.51. The average Bonchev–Trinajstić information content (AvgIpc) is 2.32. The zero-order valence-electron chi connectivity index (χ0n) is 10.1. The third-order valence-electron chi connectivity index (χ3n) is 2.18. The number of rotatable bonds is 8. The number of nitrogens with one attached hydrogen (secondary N) is 1. The summed E-state index contributed by atoms with van der Waals surface area (Å²) in [6.45, 7) is 4.98. The number of nitrogens with two attached hydrogens (primary N) is 1. The second-order valence-electron chi connectivity index (χ2n) is 3.79. The lowest BCUT2D eigenvalue weighted by molar-refractivity contribution is 0.363. The van der Waals surface area contributed by atoms with E-state index in [-0.39, 0.29) is 5.75 Å². The van der Waals surface area contributed by atoms with Crippen molar-refractivity contribution in [2.24, 2.45) is 5.14 Å². The van der Waals surface area contributed by atoms with Crippen LogP contribution in [-0.2, 0) is 16.6 Å². The van der Waals surface area contributed by atoms with Crippen LogP contribution < -0.4 is 15.2 Å². The predicted octanol–water partition coefficient (Wildman–Crippen LogP) is 0.630. The van der Waals surface area contributed by atoms with E-state index in [1.165, 1.54) is 0 Å². The van der Waals surface area contributed by atoms with Crippen LogP contribution in [0.3, 0.4) is 0 Å². The van der Waals surface area contributed by atoms with E-state index in [0.29, 0.717) is 19.7 Å². The molecular formula is C12H18N2O3S. The second kappa shape index (κ2) is 7.15. The van der Waals surface area contributed by atoms with Gasteiger partial charge < -0.3 is 10.1 Å². The molecule has 18 heavy (non-hydrogen) atoms. The highest BCUT2D eigenvalue weighted by Crippen LogP contribution is 2.11. The van der Waals surface area contributed by atoms with E-state index in [4.69, 9.17) is 9.88 Å². The Kier molecular flexibility index (Phi) is 5.84. The normalized spacial score (nSPS) is 11.2. The van der Waals surface area contributed by atoms with Crippen molar-refractivity contribution in [3.8, 4) is 5.75 Å². The first-order valence-electron chi connectivity index (χ1n) is 5.55. The molecular weight excluding hydrogens is 252 g/mol. The number of primary sulfonamides is 1. The van der Waals surface area contributed by atoms with Crippen LogP contribution in [-0.4, -0.2) is 27.3 Å². The van der Waals surface area contributed by atoms with Gasteiger partial charge in [0.2, 0.25) is 10.0 Å². The van der Waals surface area contributed by atoms with E-state index in [0.717, 1.165) is 11.3 Å². The lowest BCUT2D eigenvalue weighted by Crippen LogP contribution is -2.26. The topological polar surface area (TPSA) is 81.4 Å². The van der Waals surface area contributed by atoms with Crippen molar-refractivity contribution >= 4 is 10.0 Å². The summed E-state index contributed by atoms with van der Waals surface area (Å²) in [5.41, 5.74) is 1.05. The molecule has 6 heteroatoms. The van der Waals surface area contributed by atoms with Gasteiger partial charge >= 0.3 is 0 Å². The van der Waals surface area contributed by atoms with Crippen LogP contribution in [0.4, 0.5) is 0 Å². The summed E-state index contributed by atoms with van der Waals surface area (Å²) in [4.78, 5) is 0. The third-order valence-corrected chi connectivity index (χ3v) is 2.96. The molecule has 0 radical (unpaired) electrons. The largest absolute Gasteiger partial charge is 0.490 e. The van der Waals surface area contributed by atoms with Crippen LogP contribution in [0.25, 0.3) is 0 Å². The van der Waals surface area contributed by atoms with Crippen molar-refractivity contribution in [1.82, 2.24) is 5.32 Å². The summed E-state index contributed by atoms with van der Waals surface area (Å²) in [6, 6.07) is 7.56. The van der Waals surface area contributed by atoms with Crippen LogP contribution in [0.15, 0.2) is 36.9 Å². The highest BCUT2D eigenvalue weighted by molar-refractivity contribution is 7.89. The maximum absolute atomic E-state index is 10.7. The molecule has 0 unspecified atom stereocenters. The Hall–Kier alpha value is -1.37. The van der Waals surface area contributed by atoms with Crippen LogP contribution in [0.2, 0.25) is 0 Å². The van der Waals surface area contributed by atoms with Gasteiger partial charge in [0.25, 0.3) is 0 Å². The number of hydrogen-bond acceptors (Lipinski definition) is 4. The van der Waals surface area contributed by atoms with Gasteiger partial charge in [-0.2, -0.15) is 0 Å². The smallest absolute Gasteiger partial charge is 0.210 e. The molecule has 0 atom stereocenters. The fraction of sp³-hybridized carbons (Fsp3) is 0.333. The van der Waals surface area contributed by atoms with Crippen molar-refractivity contribution in [1.29, 1.82) is 0 Å². The molecule has 100 valence electrons. The summed E-state index contributed by atoms with van der Waals surface area (Å²) in [6.07, 6.45) is 1.68. The zero-order chi connectivity index (χ0) is 13.4. The van der Waals surface area contributed by atoms with Gasteiger partial charge in [-0.05, 0) is 17.7 Å². The highest BCUT2D eigenvalue weighted by Gasteiger charge is 2.01. The van der Waals surface area contributed by atoms with Gasteiger partial charge in [0.05, 0.1) is 5.75 Å². The van der Waals surface area contributed by atoms with Gasteiger partial charge in [0.1, 0.15) is 12.4 Å². The molecule has 0 saturated heterocycles. The lowest BCUT2D eigenvalue weighted by atomic mass is 10.2. The molecule has 0 aliphatic rings. The average molecular weight is 270 g/mol. The molecule has 0 aliphatic carbocycles. The van der Waals surface area contributed by atoms with Gasteiger partial charge in [-0.25, -0.2) is 13.6 Å². The Morgan fingerprint density at radius 3 is 2.56 bits per heavy atom. The van der Waals surface area contributed by atoms with E-state index in [1.807, 2.05) is 24.3 Å². The molecule has 1 aromatic rings. The Balaban J connectivity index is 2.33. The van der Waals surface area contributed by atoms with Gasteiger partial charge in [0, 0.05) is 13.1 Å². The van der Waals surface area contributed by atoms with E-state index >= 15 is 0 Å². The van der Waals surface area contributed by atoms with E-state index in [2.05, 4.69) is 11.9 Å². The summed E-state index contributed by atoms with van der Waals surface area (Å²) < 4.78 is 26.7. The number of ether oxygens (including phenoxy) is 1. The van der Waals surface area contributed by atoms with Crippen molar-refractivity contribution in [2.75, 3.05) is 18.9 Å². The second-order valence-corrected chi connectivity index (χ2v) is 5.52. The molecule has 0 fully saturated rings. The molecule has 3 N–H and O–H groups in total. The molecule has 0 aliphatic heterocycles. The van der Waals surface area contributed by atoms with Crippen molar-refractivity contribution in [3.05, 3.63) is 42.5 Å². The number of sulfonamides is 1. The minimum Gasteiger partial charge on any atom is -0.490 e. The van der Waals surface area contributed by atoms with Crippen LogP contribution >= 0.6 is 0 Å². The summed E-state index contributed by atoms with van der Waals surface area (Å²) in [5, 5.41) is 7.89. The molecule has 0 amide bonds. The monoisotopic (exact) mass is 270 g/mol. The van der Waals surface area contributed by atoms with Gasteiger partial charge in [-0.3, -0.25) is 0 Å². The van der Waals surface area contributed by atoms with E-state index in [9.17, 15) is 8.42 Å². The SMILES string of the molecule is C=CCOc1ccc(CNCCS(N)(=O)=O)cc1. The molecule has 1 aromatic carbocycles. The minimum absolute atomic E-state index is 0.0620. The van der Waals surface area contributed by atoms with Crippen LogP contribution in [0.1, 0.15) is 5.56 Å². The molecule has 5 nitrogen and oxygen atoms in total. The summed E-state index contributed by atoms with van der Waals surface area (Å²) in [7, 11) is -3.39. The minimum atomic E-state index is -3.39. The molecule has 0 spiro atoms. The third kappa shape index (κ3) is 6.39. The Morgan fingerprint density at radius 1 is 1.33 bits per heavy atom. The van der Waals surface area contributed by atoms with Gasteiger partial charge in [-0.15, -0.1) is 0 Å². The van der Waals surface area contributed by atoms with Crippen molar-refractivity contribution < 1.29 is 13.2 Å². The maximum atomic E-state index is 10.7. The Morgan fingerprint density at radius 2 is 2.00 bits per heavy atom. The standard InChI is InChI=1S/C12H18N2O3S/c1-2-8-17-12-5-3-11(4-6-12)10-14-7-9-18(13,15)16/h2-6,14H,1,7-10H2,(H2,13,15,16). The first-order valence-corrected chi connectivity index (χ1v) is 7.26. The maximum Gasteiger partial charge on any atom is 0.210 e. The van der Waals surface area contributed by atoms with Gasteiger partial charge in [-0.1, -0.05) is 24.8 Å². The Labute approximate surface area is 108 Å². The van der Waals surface area contributed by atoms with Gasteiger partial charge in [0.15, 0.2) is 0 Å². The van der Waals surface area contributed by atoms with Crippen LogP contribution in [0, 0.1) is 0 Å². The molecule has 0 saturated carbocycles. The highest BCUT2D eigenvalue weighted by atomic mass is 32.2. The number of hydrogen-bond donors (Lipinski definition) is 2. The first kappa shape index (κ1) is 14.7. The van der Waals surface area contributed by atoms with E-state index in [1.54, 1.807) is 6.08 Å². The van der Waals surface area contributed by atoms with Crippen molar-refractivity contribution in [2.45, 2.75) is 6.54 Å². The number of benzene rings is 1. The molecule has 0 aromatic heterocycles. The fourth-order valence-corrected chi connectivity index (χ4v) is 1.73. The zero-order valence-corrected chi connectivity index (χ0v) is 10.9. The summed E-state index contributed by atoms with van der Waals surface area (Å²) >= 11 is 0. The fourth-order valence-electron chi connectivity index (χ4n) is 1.31. The molecule has 0 bridgehead atoms. The lowest BCUT2D eigenvalue weighted by Gasteiger charge is -2.06. The molecule has 0 heterocycles. The van der Waals surface area contributed by atoms with Crippen LogP contribution in [0.5, 0.6) is 5.75 Å². The summed E-state index contributed by atoms with van der Waals surface area (Å²) in [5.74, 6) is 0.719. The quantitative estimate of drug-likeness (QED) is 0.536. The predicted molar refractivity (Wildman–Crippen MR) is 71.8 cm³/mol. The molecule has 1 rings (SSSR count). The van der Waals surface area contributed by atoms with Crippen molar-refractivity contribution in [3.63, 3.8) is 0 Å².